The van der Waals surface area contributed by atoms with Crippen molar-refractivity contribution in [3.05, 3.63) is 0 Å². The van der Waals surface area contributed by atoms with Gasteiger partial charge in [0.1, 0.15) is 0 Å². The quantitative estimate of drug-likeness (QED) is 0.662. The van der Waals surface area contributed by atoms with Gasteiger partial charge >= 0.3 is 0 Å². The molecule has 4 nitrogen and oxygen atoms in total. The van der Waals surface area contributed by atoms with E-state index in [2.05, 4.69) is 5.32 Å². The van der Waals surface area contributed by atoms with E-state index in [-0.39, 0.29) is 12.5 Å². The molecule has 2 saturated carbocycles. The molecule has 4 heteroatoms. The normalized spacial score (nSPS) is 26.9. The Morgan fingerprint density at radius 3 is 2.19 bits per heavy atom. The van der Waals surface area contributed by atoms with Gasteiger partial charge in [-0.1, -0.05) is 19.3 Å². The predicted molar refractivity (Wildman–Crippen MR) is 61.8 cm³/mol. The molecule has 2 rings (SSSR count). The summed E-state index contributed by atoms with van der Waals surface area (Å²) >= 11 is 0. The standard InChI is InChI=1S/C12H22N2O2/c13-12(7-4-8-12)10(16)14-11(9-15)5-2-1-3-6-11/h15H,1-9,13H2,(H,14,16). The Kier molecular flexibility index (Phi) is 3.22. The molecular weight excluding hydrogens is 204 g/mol. The molecule has 0 heterocycles. The number of nitrogens with one attached hydrogen (secondary N) is 1. The largest absolute Gasteiger partial charge is 0.394 e. The van der Waals surface area contributed by atoms with Gasteiger partial charge in [0.05, 0.1) is 17.7 Å². The summed E-state index contributed by atoms with van der Waals surface area (Å²) in [6.07, 6.45) is 7.72. The fourth-order valence-corrected chi connectivity index (χ4v) is 2.70. The van der Waals surface area contributed by atoms with Gasteiger partial charge in [0.2, 0.25) is 5.91 Å². The minimum Gasteiger partial charge on any atom is -0.394 e. The van der Waals surface area contributed by atoms with E-state index in [4.69, 9.17) is 5.73 Å². The summed E-state index contributed by atoms with van der Waals surface area (Å²) < 4.78 is 0. The lowest BCUT2D eigenvalue weighted by Crippen LogP contribution is -2.64. The van der Waals surface area contributed by atoms with Crippen LogP contribution in [-0.2, 0) is 4.79 Å². The number of carbonyl (C=O) groups is 1. The highest BCUT2D eigenvalue weighted by molar-refractivity contribution is 5.87. The number of hydrogen-bond donors (Lipinski definition) is 3. The first kappa shape index (κ1) is 11.9. The zero-order valence-corrected chi connectivity index (χ0v) is 9.80. The van der Waals surface area contributed by atoms with Crippen molar-refractivity contribution in [1.82, 2.24) is 5.32 Å². The second kappa shape index (κ2) is 4.34. The number of amides is 1. The first-order chi connectivity index (χ1) is 7.60. The van der Waals surface area contributed by atoms with Crippen molar-refractivity contribution in [2.75, 3.05) is 6.61 Å². The molecule has 0 bridgehead atoms. The molecule has 0 aromatic carbocycles. The van der Waals surface area contributed by atoms with Crippen LogP contribution in [0.5, 0.6) is 0 Å². The molecule has 2 fully saturated rings. The van der Waals surface area contributed by atoms with Crippen molar-refractivity contribution in [2.24, 2.45) is 5.73 Å². The number of rotatable bonds is 3. The number of nitrogens with two attached hydrogens (primary N) is 1. The van der Waals surface area contributed by atoms with E-state index in [9.17, 15) is 9.90 Å². The van der Waals surface area contributed by atoms with Crippen molar-refractivity contribution in [3.8, 4) is 0 Å². The van der Waals surface area contributed by atoms with Gasteiger partial charge in [-0.2, -0.15) is 0 Å². The van der Waals surface area contributed by atoms with Crippen LogP contribution >= 0.6 is 0 Å². The first-order valence-electron chi connectivity index (χ1n) is 6.33. The van der Waals surface area contributed by atoms with E-state index in [0.717, 1.165) is 44.9 Å². The van der Waals surface area contributed by atoms with Crippen LogP contribution in [0.3, 0.4) is 0 Å². The molecule has 2 aliphatic carbocycles. The maximum atomic E-state index is 12.0. The SMILES string of the molecule is NC1(C(=O)NC2(CO)CCCCC2)CCC1. The molecule has 0 saturated heterocycles. The topological polar surface area (TPSA) is 75.4 Å². The third-order valence-corrected chi connectivity index (χ3v) is 4.19. The molecule has 92 valence electrons. The van der Waals surface area contributed by atoms with E-state index in [1.807, 2.05) is 0 Å². The van der Waals surface area contributed by atoms with E-state index < -0.39 is 11.1 Å². The third kappa shape index (κ3) is 2.09. The molecule has 0 aliphatic heterocycles. The van der Waals surface area contributed by atoms with Crippen molar-refractivity contribution < 1.29 is 9.90 Å². The lowest BCUT2D eigenvalue weighted by molar-refractivity contribution is -0.132. The summed E-state index contributed by atoms with van der Waals surface area (Å²) in [6, 6.07) is 0. The summed E-state index contributed by atoms with van der Waals surface area (Å²) in [6.45, 7) is 0.0365. The van der Waals surface area contributed by atoms with E-state index in [0.29, 0.717) is 0 Å². The zero-order chi connectivity index (χ0) is 11.6. The molecule has 2 aliphatic rings. The molecule has 0 atom stereocenters. The minimum atomic E-state index is -0.653. The molecule has 4 N–H and O–H groups in total. The average molecular weight is 226 g/mol. The Labute approximate surface area is 96.6 Å². The van der Waals surface area contributed by atoms with Gasteiger partial charge in [-0.25, -0.2) is 0 Å². The molecule has 16 heavy (non-hydrogen) atoms. The fraction of sp³-hybridized carbons (Fsp3) is 0.917. The summed E-state index contributed by atoms with van der Waals surface area (Å²) in [7, 11) is 0. The van der Waals surface area contributed by atoms with Gasteiger partial charge in [0, 0.05) is 0 Å². The Balaban J connectivity index is 1.97. The molecule has 0 aromatic rings. The fourth-order valence-electron chi connectivity index (χ4n) is 2.70. The van der Waals surface area contributed by atoms with Crippen molar-refractivity contribution in [1.29, 1.82) is 0 Å². The molecule has 0 unspecified atom stereocenters. The van der Waals surface area contributed by atoms with Crippen molar-refractivity contribution in [2.45, 2.75) is 62.4 Å². The van der Waals surface area contributed by atoms with Crippen LogP contribution in [0.2, 0.25) is 0 Å². The van der Waals surface area contributed by atoms with Gasteiger partial charge in [-0.15, -0.1) is 0 Å². The number of hydrogen-bond acceptors (Lipinski definition) is 3. The molecule has 0 aromatic heterocycles. The summed E-state index contributed by atoms with van der Waals surface area (Å²) in [5.41, 5.74) is 4.94. The Morgan fingerprint density at radius 2 is 1.75 bits per heavy atom. The van der Waals surface area contributed by atoms with E-state index in [1.54, 1.807) is 0 Å². The first-order valence-corrected chi connectivity index (χ1v) is 6.33. The van der Waals surface area contributed by atoms with E-state index >= 15 is 0 Å². The van der Waals surface area contributed by atoms with Crippen LogP contribution in [0, 0.1) is 0 Å². The predicted octanol–water partition coefficient (Wildman–Crippen LogP) is 0.679. The molecule has 1 amide bonds. The maximum Gasteiger partial charge on any atom is 0.240 e. The lowest BCUT2D eigenvalue weighted by Gasteiger charge is -2.42. The van der Waals surface area contributed by atoms with Gasteiger partial charge in [-0.05, 0) is 32.1 Å². The Morgan fingerprint density at radius 1 is 1.12 bits per heavy atom. The third-order valence-electron chi connectivity index (χ3n) is 4.19. The van der Waals surface area contributed by atoms with Crippen LogP contribution in [0.4, 0.5) is 0 Å². The lowest BCUT2D eigenvalue weighted by atomic mass is 9.75. The van der Waals surface area contributed by atoms with Crippen LogP contribution in [0.1, 0.15) is 51.4 Å². The van der Waals surface area contributed by atoms with Crippen LogP contribution < -0.4 is 11.1 Å². The number of aliphatic hydroxyl groups is 1. The Hall–Kier alpha value is -0.610. The second-order valence-corrected chi connectivity index (χ2v) is 5.46. The Bertz CT molecular complexity index is 268. The highest BCUT2D eigenvalue weighted by atomic mass is 16.3. The highest BCUT2D eigenvalue weighted by Gasteiger charge is 2.43. The van der Waals surface area contributed by atoms with Crippen molar-refractivity contribution >= 4 is 5.91 Å². The minimum absolute atomic E-state index is 0.0365. The number of aliphatic hydroxyl groups excluding tert-OH is 1. The monoisotopic (exact) mass is 226 g/mol. The van der Waals surface area contributed by atoms with Gasteiger partial charge < -0.3 is 16.2 Å². The summed E-state index contributed by atoms with van der Waals surface area (Å²) in [4.78, 5) is 12.0. The van der Waals surface area contributed by atoms with E-state index in [1.165, 1.54) is 6.42 Å². The number of carbonyl (C=O) groups excluding carboxylic acids is 1. The van der Waals surface area contributed by atoms with Crippen LogP contribution in [-0.4, -0.2) is 28.7 Å². The molecule has 0 radical (unpaired) electrons. The second-order valence-electron chi connectivity index (χ2n) is 5.46. The van der Waals surface area contributed by atoms with Crippen LogP contribution in [0.15, 0.2) is 0 Å². The van der Waals surface area contributed by atoms with Gasteiger partial charge in [-0.3, -0.25) is 4.79 Å². The average Bonchev–Trinajstić information content (AvgIpc) is 2.27. The summed E-state index contributed by atoms with van der Waals surface area (Å²) in [5, 5.41) is 12.5. The van der Waals surface area contributed by atoms with Crippen molar-refractivity contribution in [3.63, 3.8) is 0 Å². The van der Waals surface area contributed by atoms with Gasteiger partial charge in [0.25, 0.3) is 0 Å². The molecular formula is C12H22N2O2. The maximum absolute atomic E-state index is 12.0. The zero-order valence-electron chi connectivity index (χ0n) is 9.80. The van der Waals surface area contributed by atoms with Gasteiger partial charge in [0.15, 0.2) is 0 Å². The smallest absolute Gasteiger partial charge is 0.240 e. The van der Waals surface area contributed by atoms with Crippen LogP contribution in [0.25, 0.3) is 0 Å². The highest BCUT2D eigenvalue weighted by Crippen LogP contribution is 2.32. The molecule has 0 spiro atoms. The summed E-state index contributed by atoms with van der Waals surface area (Å²) in [5.74, 6) is -0.0605.